The van der Waals surface area contributed by atoms with E-state index in [9.17, 15) is 28.1 Å². The largest absolute Gasteiger partial charge is 0.462 e. The fraction of sp³-hybridized carbons (Fsp3) is 0.188. The summed E-state index contributed by atoms with van der Waals surface area (Å²) >= 11 is 0. The van der Waals surface area contributed by atoms with Gasteiger partial charge in [-0.05, 0) is 36.8 Å². The number of carbonyl (C=O) groups excluding carboxylic acids is 1. The van der Waals surface area contributed by atoms with Crippen LogP contribution in [0.1, 0.15) is 22.8 Å². The minimum atomic E-state index is -4.58. The number of hydrogen-bond donors (Lipinski definition) is 0. The fourth-order valence-electron chi connectivity index (χ4n) is 2.21. The van der Waals surface area contributed by atoms with E-state index in [1.165, 1.54) is 24.3 Å². The second kappa shape index (κ2) is 6.69. The molecule has 8 heteroatoms. The molecule has 0 aromatic heterocycles. The lowest BCUT2D eigenvalue weighted by Gasteiger charge is -2.10. The van der Waals surface area contributed by atoms with Crippen LogP contribution in [0.2, 0.25) is 0 Å². The summed E-state index contributed by atoms with van der Waals surface area (Å²) in [7, 11) is 0. The molecule has 0 amide bonds. The van der Waals surface area contributed by atoms with Crippen molar-refractivity contribution in [3.05, 3.63) is 63.7 Å². The Bertz CT molecular complexity index is 787. The summed E-state index contributed by atoms with van der Waals surface area (Å²) in [4.78, 5) is 22.5. The number of ether oxygens (including phenoxy) is 1. The number of nitrogens with zero attached hydrogens (tertiary/aromatic N) is 1. The zero-order chi connectivity index (χ0) is 17.9. The molecule has 0 heterocycles. The molecule has 0 atom stereocenters. The second-order valence-corrected chi connectivity index (χ2v) is 4.76. The quantitative estimate of drug-likeness (QED) is 0.468. The fourth-order valence-corrected chi connectivity index (χ4v) is 2.21. The molecule has 0 spiro atoms. The molecular weight excluding hydrogens is 327 g/mol. The van der Waals surface area contributed by atoms with Gasteiger partial charge in [-0.1, -0.05) is 18.2 Å². The van der Waals surface area contributed by atoms with Gasteiger partial charge < -0.3 is 4.74 Å². The van der Waals surface area contributed by atoms with Crippen molar-refractivity contribution in [2.75, 3.05) is 6.61 Å². The number of rotatable bonds is 4. The van der Waals surface area contributed by atoms with Crippen LogP contribution in [-0.2, 0) is 10.9 Å². The molecule has 5 nitrogen and oxygen atoms in total. The Morgan fingerprint density at radius 2 is 1.88 bits per heavy atom. The van der Waals surface area contributed by atoms with E-state index in [4.69, 9.17) is 4.74 Å². The molecule has 0 aliphatic rings. The number of nitro benzene ring substituents is 1. The molecule has 126 valence electrons. The molecule has 24 heavy (non-hydrogen) atoms. The van der Waals surface area contributed by atoms with E-state index in [-0.39, 0.29) is 23.3 Å². The molecule has 0 unspecified atom stereocenters. The highest BCUT2D eigenvalue weighted by molar-refractivity contribution is 5.97. The lowest BCUT2D eigenvalue weighted by atomic mass is 9.98. The summed E-state index contributed by atoms with van der Waals surface area (Å²) in [6.45, 7) is 1.56. The van der Waals surface area contributed by atoms with Crippen LogP contribution in [-0.4, -0.2) is 17.5 Å². The third-order valence-corrected chi connectivity index (χ3v) is 3.21. The Hall–Kier alpha value is -2.90. The van der Waals surface area contributed by atoms with E-state index in [2.05, 4.69) is 0 Å². The van der Waals surface area contributed by atoms with Crippen LogP contribution in [0.3, 0.4) is 0 Å². The number of hydrogen-bond acceptors (Lipinski definition) is 4. The summed E-state index contributed by atoms with van der Waals surface area (Å²) in [6.07, 6.45) is -4.58. The van der Waals surface area contributed by atoms with E-state index in [1.54, 1.807) is 6.92 Å². The monoisotopic (exact) mass is 339 g/mol. The van der Waals surface area contributed by atoms with Crippen LogP contribution in [0, 0.1) is 10.1 Å². The molecule has 0 saturated heterocycles. The molecule has 2 rings (SSSR count). The maximum Gasteiger partial charge on any atom is 0.416 e. The van der Waals surface area contributed by atoms with Gasteiger partial charge in [-0.25, -0.2) is 4.79 Å². The van der Waals surface area contributed by atoms with Crippen LogP contribution in [0.15, 0.2) is 42.5 Å². The first-order valence-corrected chi connectivity index (χ1v) is 6.88. The highest BCUT2D eigenvalue weighted by Gasteiger charge is 2.32. The highest BCUT2D eigenvalue weighted by atomic mass is 19.4. The van der Waals surface area contributed by atoms with Crippen LogP contribution in [0.25, 0.3) is 11.1 Å². The standard InChI is InChI=1S/C16H12F3NO4/c1-2-24-15(21)13-8-4-7-12(14(13)20(22)23)10-5-3-6-11(9-10)16(17,18)19/h3-9H,2H2,1H3. The Balaban J connectivity index is 2.65. The lowest BCUT2D eigenvalue weighted by Crippen LogP contribution is -2.09. The summed E-state index contributed by atoms with van der Waals surface area (Å²) in [5.41, 5.74) is -1.93. The minimum Gasteiger partial charge on any atom is -0.462 e. The molecule has 2 aromatic rings. The summed E-state index contributed by atoms with van der Waals surface area (Å²) in [6, 6.07) is 7.98. The zero-order valence-corrected chi connectivity index (χ0v) is 12.5. The van der Waals surface area contributed by atoms with Crippen molar-refractivity contribution < 1.29 is 27.6 Å². The smallest absolute Gasteiger partial charge is 0.416 e. The Labute approximate surface area is 134 Å². The van der Waals surface area contributed by atoms with E-state index in [1.807, 2.05) is 0 Å². The van der Waals surface area contributed by atoms with E-state index in [0.29, 0.717) is 0 Å². The molecule has 0 fully saturated rings. The maximum absolute atomic E-state index is 12.8. The minimum absolute atomic E-state index is 0.0114. The number of benzene rings is 2. The van der Waals surface area contributed by atoms with Crippen molar-refractivity contribution in [2.45, 2.75) is 13.1 Å². The molecule has 0 saturated carbocycles. The Kier molecular flexibility index (Phi) is 4.87. The summed E-state index contributed by atoms with van der Waals surface area (Å²) < 4.78 is 43.3. The van der Waals surface area contributed by atoms with Crippen LogP contribution >= 0.6 is 0 Å². The van der Waals surface area contributed by atoms with Crippen molar-refractivity contribution in [2.24, 2.45) is 0 Å². The van der Waals surface area contributed by atoms with Crippen LogP contribution < -0.4 is 0 Å². The third kappa shape index (κ3) is 3.53. The van der Waals surface area contributed by atoms with Gasteiger partial charge in [0.05, 0.1) is 22.7 Å². The van der Waals surface area contributed by atoms with Crippen molar-refractivity contribution in [3.8, 4) is 11.1 Å². The van der Waals surface area contributed by atoms with Gasteiger partial charge in [0.15, 0.2) is 0 Å². The van der Waals surface area contributed by atoms with E-state index >= 15 is 0 Å². The predicted molar refractivity (Wildman–Crippen MR) is 79.5 cm³/mol. The average molecular weight is 339 g/mol. The van der Waals surface area contributed by atoms with Gasteiger partial charge in [-0.3, -0.25) is 10.1 Å². The zero-order valence-electron chi connectivity index (χ0n) is 12.5. The molecular formula is C16H12F3NO4. The van der Waals surface area contributed by atoms with Gasteiger partial charge in [0.1, 0.15) is 5.56 Å². The first-order chi connectivity index (χ1) is 11.3. The van der Waals surface area contributed by atoms with Gasteiger partial charge in [-0.2, -0.15) is 13.2 Å². The highest BCUT2D eigenvalue weighted by Crippen LogP contribution is 2.37. The number of esters is 1. The normalized spacial score (nSPS) is 11.2. The van der Waals surface area contributed by atoms with Gasteiger partial charge in [0.2, 0.25) is 0 Å². The molecule has 0 aliphatic heterocycles. The molecule has 0 N–H and O–H groups in total. The molecule has 0 bridgehead atoms. The Morgan fingerprint density at radius 1 is 1.21 bits per heavy atom. The lowest BCUT2D eigenvalue weighted by molar-refractivity contribution is -0.384. The van der Waals surface area contributed by atoms with Gasteiger partial charge in [-0.15, -0.1) is 0 Å². The van der Waals surface area contributed by atoms with Crippen molar-refractivity contribution in [1.82, 2.24) is 0 Å². The number of nitro groups is 1. The number of alkyl halides is 3. The van der Waals surface area contributed by atoms with Crippen LogP contribution in [0.5, 0.6) is 0 Å². The maximum atomic E-state index is 12.8. The molecule has 2 aromatic carbocycles. The topological polar surface area (TPSA) is 69.4 Å². The van der Waals surface area contributed by atoms with Gasteiger partial charge >= 0.3 is 12.1 Å². The Morgan fingerprint density at radius 3 is 2.46 bits per heavy atom. The van der Waals surface area contributed by atoms with E-state index < -0.39 is 28.3 Å². The third-order valence-electron chi connectivity index (χ3n) is 3.21. The van der Waals surface area contributed by atoms with Crippen molar-refractivity contribution in [3.63, 3.8) is 0 Å². The first kappa shape index (κ1) is 17.5. The van der Waals surface area contributed by atoms with Gasteiger partial charge in [0.25, 0.3) is 5.69 Å². The van der Waals surface area contributed by atoms with Crippen molar-refractivity contribution in [1.29, 1.82) is 0 Å². The number of halogens is 3. The average Bonchev–Trinajstić information content (AvgIpc) is 2.53. The molecule has 0 radical (unpaired) electrons. The van der Waals surface area contributed by atoms with E-state index in [0.717, 1.165) is 18.2 Å². The SMILES string of the molecule is CCOC(=O)c1cccc(-c2cccc(C(F)(F)F)c2)c1[N+](=O)[O-]. The number of carbonyl (C=O) groups is 1. The first-order valence-electron chi connectivity index (χ1n) is 6.88. The summed E-state index contributed by atoms with van der Waals surface area (Å²) in [5.74, 6) is -0.905. The number of para-hydroxylation sites is 1. The van der Waals surface area contributed by atoms with Crippen molar-refractivity contribution >= 4 is 11.7 Å². The predicted octanol–water partition coefficient (Wildman–Crippen LogP) is 4.46. The summed E-state index contributed by atoms with van der Waals surface area (Å²) in [5, 5.41) is 11.4. The molecule has 0 aliphatic carbocycles. The van der Waals surface area contributed by atoms with Gasteiger partial charge in [0, 0.05) is 0 Å². The van der Waals surface area contributed by atoms with Crippen LogP contribution in [0.4, 0.5) is 18.9 Å². The second-order valence-electron chi connectivity index (χ2n) is 4.76.